The van der Waals surface area contributed by atoms with E-state index in [0.29, 0.717) is 12.4 Å². The Balaban J connectivity index is 2.00. The molecule has 1 fully saturated rings. The molecule has 0 N–H and O–H groups in total. The van der Waals surface area contributed by atoms with Gasteiger partial charge in [-0.25, -0.2) is 14.7 Å². The predicted molar refractivity (Wildman–Crippen MR) is 67.0 cm³/mol. The topological polar surface area (TPSA) is 73.4 Å². The largest absolute Gasteiger partial charge is 0.441 e. The highest BCUT2D eigenvalue weighted by molar-refractivity contribution is 5.79. The summed E-state index contributed by atoms with van der Waals surface area (Å²) < 4.78 is 5.42. The number of hydrogen-bond acceptors (Lipinski definition) is 4. The highest BCUT2D eigenvalue weighted by Crippen LogP contribution is 2.29. The lowest BCUT2D eigenvalue weighted by molar-refractivity contribution is 0.205. The molecule has 1 aromatic heterocycles. The van der Waals surface area contributed by atoms with E-state index >= 15 is 0 Å². The number of aryl methyl sites for hydroxylation is 1. The summed E-state index contributed by atoms with van der Waals surface area (Å²) in [4.78, 5) is 18.8. The molecule has 0 spiro atoms. The van der Waals surface area contributed by atoms with Crippen LogP contribution in [-0.2, 0) is 0 Å². The number of carbonyl (C=O) groups excluding carboxylic acids is 1. The molecule has 0 aliphatic carbocycles. The molecule has 1 aromatic carbocycles. The van der Waals surface area contributed by atoms with Gasteiger partial charge in [-0.1, -0.05) is 6.07 Å². The van der Waals surface area contributed by atoms with Crippen molar-refractivity contribution in [3.05, 3.63) is 29.7 Å². The first kappa shape index (κ1) is 11.5. The third kappa shape index (κ3) is 1.71. The van der Waals surface area contributed by atoms with E-state index in [1.807, 2.05) is 24.4 Å². The first-order valence-electron chi connectivity index (χ1n) is 5.91. The number of hydrogen-bond donors (Lipinski definition) is 0. The van der Waals surface area contributed by atoms with Gasteiger partial charge in [-0.15, -0.1) is 0 Å². The van der Waals surface area contributed by atoms with Gasteiger partial charge in [0.05, 0.1) is 12.6 Å². The maximum atomic E-state index is 11.8. The Morgan fingerprint density at radius 1 is 1.53 bits per heavy atom. The number of amides is 2. The van der Waals surface area contributed by atoms with Crippen molar-refractivity contribution in [3.8, 4) is 6.19 Å². The van der Waals surface area contributed by atoms with Crippen molar-refractivity contribution in [1.29, 1.82) is 5.26 Å². The smallest absolute Gasteiger partial charge is 0.333 e. The second-order valence-corrected chi connectivity index (χ2v) is 4.58. The van der Waals surface area contributed by atoms with Crippen molar-refractivity contribution in [2.24, 2.45) is 0 Å². The number of nitriles is 1. The van der Waals surface area contributed by atoms with E-state index in [1.54, 1.807) is 18.9 Å². The number of nitrogens with zero attached hydrogens (tertiary/aromatic N) is 4. The number of rotatable bonds is 1. The Labute approximate surface area is 109 Å². The van der Waals surface area contributed by atoms with Crippen LogP contribution in [-0.4, -0.2) is 34.4 Å². The van der Waals surface area contributed by atoms with E-state index in [0.717, 1.165) is 21.6 Å². The fourth-order valence-electron chi connectivity index (χ4n) is 2.38. The van der Waals surface area contributed by atoms with Gasteiger partial charge in [0.15, 0.2) is 17.7 Å². The van der Waals surface area contributed by atoms with Gasteiger partial charge in [-0.2, -0.15) is 5.26 Å². The average molecular weight is 256 g/mol. The van der Waals surface area contributed by atoms with Crippen LogP contribution in [0.4, 0.5) is 4.79 Å². The van der Waals surface area contributed by atoms with Crippen molar-refractivity contribution in [3.63, 3.8) is 0 Å². The summed E-state index contributed by atoms with van der Waals surface area (Å²) in [6.07, 6.45) is 1.89. The van der Waals surface area contributed by atoms with Crippen molar-refractivity contribution in [2.75, 3.05) is 13.6 Å². The molecule has 1 atom stereocenters. The number of benzene rings is 1. The molecule has 1 saturated heterocycles. The molecular weight excluding hydrogens is 244 g/mol. The van der Waals surface area contributed by atoms with Crippen LogP contribution in [0.15, 0.2) is 22.6 Å². The number of carbonyl (C=O) groups is 1. The van der Waals surface area contributed by atoms with E-state index in [1.165, 1.54) is 0 Å². The Morgan fingerprint density at radius 3 is 3.00 bits per heavy atom. The van der Waals surface area contributed by atoms with Gasteiger partial charge in [-0.3, -0.25) is 0 Å². The molecule has 1 aliphatic rings. The number of fused-ring (bicyclic) bond motifs is 1. The maximum absolute atomic E-state index is 11.8. The summed E-state index contributed by atoms with van der Waals surface area (Å²) in [5.41, 5.74) is 2.45. The van der Waals surface area contributed by atoms with Gasteiger partial charge < -0.3 is 9.32 Å². The fourth-order valence-corrected chi connectivity index (χ4v) is 2.38. The lowest BCUT2D eigenvalue weighted by Crippen LogP contribution is -2.26. The SMILES string of the molecule is Cc1nc2cc(C3CN(C#N)C(=O)N3C)ccc2o1. The molecule has 2 aromatic rings. The van der Waals surface area contributed by atoms with Gasteiger partial charge in [0.25, 0.3) is 0 Å². The van der Waals surface area contributed by atoms with E-state index in [-0.39, 0.29) is 12.1 Å². The van der Waals surface area contributed by atoms with Crippen LogP contribution in [0.5, 0.6) is 0 Å². The standard InChI is InChI=1S/C13H12N4O2/c1-8-15-10-5-9(3-4-12(10)19-8)11-6-17(7-14)13(18)16(11)2/h3-5,11H,6H2,1-2H3. The van der Waals surface area contributed by atoms with E-state index in [2.05, 4.69) is 4.98 Å². The van der Waals surface area contributed by atoms with E-state index in [9.17, 15) is 4.79 Å². The lowest BCUT2D eigenvalue weighted by atomic mass is 10.1. The summed E-state index contributed by atoms with van der Waals surface area (Å²) in [6.45, 7) is 2.16. The highest BCUT2D eigenvalue weighted by atomic mass is 16.3. The molecule has 6 heteroatoms. The summed E-state index contributed by atoms with van der Waals surface area (Å²) >= 11 is 0. The monoisotopic (exact) mass is 256 g/mol. The van der Waals surface area contributed by atoms with E-state index in [4.69, 9.17) is 9.68 Å². The minimum absolute atomic E-state index is 0.131. The summed E-state index contributed by atoms with van der Waals surface area (Å²) in [7, 11) is 1.70. The second kappa shape index (κ2) is 3.99. The molecule has 3 rings (SSSR count). The van der Waals surface area contributed by atoms with Crippen molar-refractivity contribution in [2.45, 2.75) is 13.0 Å². The summed E-state index contributed by atoms with van der Waals surface area (Å²) in [5, 5.41) is 8.90. The minimum atomic E-state index is -0.274. The number of urea groups is 1. The van der Waals surface area contributed by atoms with Crippen molar-refractivity contribution in [1.82, 2.24) is 14.8 Å². The molecule has 6 nitrogen and oxygen atoms in total. The minimum Gasteiger partial charge on any atom is -0.441 e. The Morgan fingerprint density at radius 2 is 2.32 bits per heavy atom. The zero-order valence-electron chi connectivity index (χ0n) is 10.6. The first-order valence-corrected chi connectivity index (χ1v) is 5.91. The van der Waals surface area contributed by atoms with Gasteiger partial charge in [0.2, 0.25) is 0 Å². The molecule has 1 unspecified atom stereocenters. The highest BCUT2D eigenvalue weighted by Gasteiger charge is 2.35. The molecule has 0 radical (unpaired) electrons. The van der Waals surface area contributed by atoms with Crippen LogP contribution in [0.2, 0.25) is 0 Å². The van der Waals surface area contributed by atoms with Crippen molar-refractivity contribution >= 4 is 17.1 Å². The predicted octanol–water partition coefficient (Wildman–Crippen LogP) is 2.03. The Kier molecular flexibility index (Phi) is 2.42. The first-order chi connectivity index (χ1) is 9.10. The van der Waals surface area contributed by atoms with E-state index < -0.39 is 0 Å². The van der Waals surface area contributed by atoms with Crippen LogP contribution in [0, 0.1) is 18.4 Å². The van der Waals surface area contributed by atoms with Crippen LogP contribution < -0.4 is 0 Å². The van der Waals surface area contributed by atoms with Crippen LogP contribution in [0.25, 0.3) is 11.1 Å². The lowest BCUT2D eigenvalue weighted by Gasteiger charge is -2.17. The van der Waals surface area contributed by atoms with Gasteiger partial charge in [-0.05, 0) is 17.7 Å². The molecule has 96 valence electrons. The third-order valence-corrected chi connectivity index (χ3v) is 3.38. The zero-order valence-corrected chi connectivity index (χ0v) is 10.6. The molecule has 2 amide bonds. The molecular formula is C13H12N4O2. The summed E-state index contributed by atoms with van der Waals surface area (Å²) in [6, 6.07) is 5.25. The molecule has 19 heavy (non-hydrogen) atoms. The van der Waals surface area contributed by atoms with Crippen LogP contribution in [0.1, 0.15) is 17.5 Å². The Hall–Kier alpha value is -2.55. The maximum Gasteiger partial charge on any atom is 0.333 e. The molecule has 1 aliphatic heterocycles. The quantitative estimate of drug-likeness (QED) is 0.732. The Bertz CT molecular complexity index is 700. The zero-order chi connectivity index (χ0) is 13.6. The number of aromatic nitrogens is 1. The normalized spacial score (nSPS) is 19.2. The number of likely N-dealkylation sites (N-methyl/N-ethyl adjacent to an activating group) is 1. The average Bonchev–Trinajstić information content (AvgIpc) is 2.90. The second-order valence-electron chi connectivity index (χ2n) is 4.58. The summed E-state index contributed by atoms with van der Waals surface area (Å²) in [5.74, 6) is 0.613. The van der Waals surface area contributed by atoms with Gasteiger partial charge in [0, 0.05) is 14.0 Å². The molecule has 0 bridgehead atoms. The third-order valence-electron chi connectivity index (χ3n) is 3.38. The van der Waals surface area contributed by atoms with Gasteiger partial charge in [0.1, 0.15) is 5.52 Å². The number of oxazole rings is 1. The van der Waals surface area contributed by atoms with Crippen LogP contribution in [0.3, 0.4) is 0 Å². The molecule has 0 saturated carbocycles. The molecule has 2 heterocycles. The van der Waals surface area contributed by atoms with Crippen LogP contribution >= 0.6 is 0 Å². The fraction of sp³-hybridized carbons (Fsp3) is 0.308. The van der Waals surface area contributed by atoms with Gasteiger partial charge >= 0.3 is 6.03 Å². The van der Waals surface area contributed by atoms with Crippen molar-refractivity contribution < 1.29 is 9.21 Å².